The molecule has 0 atom stereocenters. The minimum Gasteiger partial charge on any atom is -0.488 e. The van der Waals surface area contributed by atoms with Crippen LogP contribution in [0.15, 0.2) is 59.7 Å². The van der Waals surface area contributed by atoms with Gasteiger partial charge < -0.3 is 4.74 Å². The van der Waals surface area contributed by atoms with Crippen LogP contribution in [0.25, 0.3) is 10.8 Å². The molecule has 0 aliphatic carbocycles. The van der Waals surface area contributed by atoms with E-state index >= 15 is 0 Å². The zero-order chi connectivity index (χ0) is 24.4. The molecule has 0 amide bonds. The molecular weight excluding hydrogens is 500 g/mol. The van der Waals surface area contributed by atoms with E-state index in [0.717, 1.165) is 0 Å². The summed E-state index contributed by atoms with van der Waals surface area (Å²) >= 11 is 11.9. The number of rotatable bonds is 7. The Morgan fingerprint density at radius 3 is 2.27 bits per heavy atom. The van der Waals surface area contributed by atoms with Crippen LogP contribution >= 0.6 is 23.2 Å². The van der Waals surface area contributed by atoms with Gasteiger partial charge in [-0.1, -0.05) is 59.6 Å². The summed E-state index contributed by atoms with van der Waals surface area (Å²) in [6.07, 6.45) is -5.80. The van der Waals surface area contributed by atoms with Gasteiger partial charge >= 0.3 is 18.1 Å². The van der Waals surface area contributed by atoms with Crippen LogP contribution in [0.4, 0.5) is 30.7 Å². The molecule has 0 saturated carbocycles. The smallest absolute Gasteiger partial charge is 0.462 e. The lowest BCUT2D eigenvalue weighted by Gasteiger charge is -2.27. The van der Waals surface area contributed by atoms with Gasteiger partial charge in [-0.3, -0.25) is 0 Å². The fraction of sp³-hybridized carbons (Fsp3) is 0.190. The van der Waals surface area contributed by atoms with Crippen molar-refractivity contribution < 1.29 is 35.5 Å². The summed E-state index contributed by atoms with van der Waals surface area (Å²) in [5.41, 5.74) is 1.21. The van der Waals surface area contributed by atoms with Crippen LogP contribution in [-0.2, 0) is 6.61 Å². The topological polar surface area (TPSA) is 33.6 Å². The van der Waals surface area contributed by atoms with Gasteiger partial charge in [-0.05, 0) is 29.0 Å². The first-order valence-corrected chi connectivity index (χ1v) is 9.80. The summed E-state index contributed by atoms with van der Waals surface area (Å²) in [7, 11) is 0. The van der Waals surface area contributed by atoms with E-state index < -0.39 is 18.1 Å². The van der Waals surface area contributed by atoms with Crippen LogP contribution in [0.5, 0.6) is 5.75 Å². The number of fused-ring (bicyclic) bond motifs is 1. The first-order valence-electron chi connectivity index (χ1n) is 9.04. The predicted molar refractivity (Wildman–Crippen MR) is 111 cm³/mol. The lowest BCUT2D eigenvalue weighted by atomic mass is 10.0. The third-order valence-electron chi connectivity index (χ3n) is 4.48. The van der Waals surface area contributed by atoms with E-state index in [4.69, 9.17) is 27.9 Å². The van der Waals surface area contributed by atoms with E-state index in [9.17, 15) is 30.7 Å². The molecule has 176 valence electrons. The molecule has 0 aromatic heterocycles. The van der Waals surface area contributed by atoms with Crippen molar-refractivity contribution in [1.82, 2.24) is 5.43 Å². The maximum atomic E-state index is 13.5. The minimum atomic E-state index is -6.48. The second-order valence-corrected chi connectivity index (χ2v) is 7.58. The quantitative estimate of drug-likeness (QED) is 0.154. The number of benzene rings is 3. The van der Waals surface area contributed by atoms with Crippen molar-refractivity contribution in [2.75, 3.05) is 0 Å². The van der Waals surface area contributed by atoms with Crippen molar-refractivity contribution in [3.63, 3.8) is 0 Å². The Labute approximate surface area is 192 Å². The zero-order valence-electron chi connectivity index (χ0n) is 16.2. The monoisotopic (exact) mass is 512 g/mol. The second kappa shape index (κ2) is 9.26. The molecule has 0 aliphatic rings. The van der Waals surface area contributed by atoms with Crippen molar-refractivity contribution in [2.45, 2.75) is 24.8 Å². The number of ether oxygens (including phenoxy) is 1. The van der Waals surface area contributed by atoms with Crippen LogP contribution in [0.3, 0.4) is 0 Å². The summed E-state index contributed by atoms with van der Waals surface area (Å²) in [6, 6.07) is 8.62. The second-order valence-electron chi connectivity index (χ2n) is 6.74. The van der Waals surface area contributed by atoms with Gasteiger partial charge in [-0.15, -0.1) is 0 Å². The predicted octanol–water partition coefficient (Wildman–Crippen LogP) is 7.44. The number of hydrazone groups is 1. The number of halogens is 9. The van der Waals surface area contributed by atoms with Gasteiger partial charge in [-0.2, -0.15) is 35.8 Å². The normalized spacial score (nSPS) is 13.0. The molecule has 0 heterocycles. The Morgan fingerprint density at radius 2 is 1.61 bits per heavy atom. The average Bonchev–Trinajstić information content (AvgIpc) is 2.73. The summed E-state index contributed by atoms with van der Waals surface area (Å²) in [5, 5.41) is 4.69. The highest BCUT2D eigenvalue weighted by atomic mass is 35.5. The van der Waals surface area contributed by atoms with E-state index in [-0.39, 0.29) is 17.9 Å². The van der Waals surface area contributed by atoms with Gasteiger partial charge in [0.1, 0.15) is 12.4 Å². The number of nitrogens with one attached hydrogen (secondary N) is 1. The maximum Gasteiger partial charge on any atom is 0.462 e. The van der Waals surface area contributed by atoms with Crippen LogP contribution in [-0.4, -0.2) is 24.4 Å². The minimum absolute atomic E-state index is 0.0665. The molecule has 1 N–H and O–H groups in total. The third-order valence-corrected chi connectivity index (χ3v) is 5.06. The zero-order valence-corrected chi connectivity index (χ0v) is 17.7. The van der Waals surface area contributed by atoms with Crippen molar-refractivity contribution >= 4 is 40.2 Å². The number of alkyl halides is 7. The summed E-state index contributed by atoms with van der Waals surface area (Å²) in [4.78, 5) is 0. The Kier molecular flexibility index (Phi) is 6.99. The highest BCUT2D eigenvalue weighted by Gasteiger charge is 2.73. The fourth-order valence-electron chi connectivity index (χ4n) is 2.75. The van der Waals surface area contributed by atoms with Crippen LogP contribution in [0.2, 0.25) is 10.0 Å². The van der Waals surface area contributed by atoms with Gasteiger partial charge in [0.05, 0.1) is 6.21 Å². The molecule has 0 radical (unpaired) electrons. The highest BCUT2D eigenvalue weighted by molar-refractivity contribution is 6.35. The number of hydrogen-bond donors (Lipinski definition) is 1. The third kappa shape index (κ3) is 5.27. The fourth-order valence-corrected chi connectivity index (χ4v) is 3.22. The molecule has 0 spiro atoms. The van der Waals surface area contributed by atoms with Crippen LogP contribution in [0, 0.1) is 0 Å². The van der Waals surface area contributed by atoms with Crippen molar-refractivity contribution in [3.8, 4) is 5.75 Å². The SMILES string of the molecule is FC(F)(F)C(F)(F)C(F)(F)N/N=C\c1c(OCc2ccc(Cl)cc2Cl)ccc2ccccc12. The van der Waals surface area contributed by atoms with Gasteiger partial charge in [-0.25, -0.2) is 5.43 Å². The van der Waals surface area contributed by atoms with Crippen molar-refractivity contribution in [2.24, 2.45) is 5.10 Å². The van der Waals surface area contributed by atoms with Crippen molar-refractivity contribution in [3.05, 3.63) is 75.8 Å². The Balaban J connectivity index is 1.92. The Morgan fingerprint density at radius 1 is 0.909 bits per heavy atom. The lowest BCUT2D eigenvalue weighted by molar-refractivity contribution is -0.361. The lowest BCUT2D eigenvalue weighted by Crippen LogP contribution is -2.58. The standard InChI is InChI=1S/C21H13Cl2F7N2O/c22-14-7-5-13(17(23)9-14)11-33-18-8-6-12-3-1-2-4-15(12)16(18)10-31-32-21(29,30)19(24,25)20(26,27)28/h1-10,32H,11H2/b31-10-. The molecule has 3 nitrogen and oxygen atoms in total. The summed E-state index contributed by atoms with van der Waals surface area (Å²) < 4.78 is 95.8. The number of hydrogen-bond acceptors (Lipinski definition) is 3. The van der Waals surface area contributed by atoms with Crippen LogP contribution in [0.1, 0.15) is 11.1 Å². The molecule has 0 aliphatic heterocycles. The molecule has 0 saturated heterocycles. The van der Waals surface area contributed by atoms with E-state index in [2.05, 4.69) is 5.10 Å². The maximum absolute atomic E-state index is 13.5. The van der Waals surface area contributed by atoms with Gasteiger partial charge in [0.2, 0.25) is 0 Å². The van der Waals surface area contributed by atoms with Gasteiger partial charge in [0.25, 0.3) is 0 Å². The van der Waals surface area contributed by atoms with E-state index in [1.54, 1.807) is 42.5 Å². The molecule has 3 aromatic rings. The molecule has 0 fully saturated rings. The van der Waals surface area contributed by atoms with Gasteiger partial charge in [0.15, 0.2) is 0 Å². The average molecular weight is 513 g/mol. The summed E-state index contributed by atoms with van der Waals surface area (Å²) in [6.45, 7) is -0.0785. The molecule has 12 heteroatoms. The van der Waals surface area contributed by atoms with E-state index in [1.807, 2.05) is 0 Å². The van der Waals surface area contributed by atoms with Crippen LogP contribution < -0.4 is 10.2 Å². The molecule has 3 rings (SSSR count). The summed E-state index contributed by atoms with van der Waals surface area (Å²) in [5.74, 6) is -6.25. The Bertz CT molecular complexity index is 1180. The molecular formula is C21H13Cl2F7N2O. The molecule has 0 unspecified atom stereocenters. The molecule has 0 bridgehead atoms. The molecule has 33 heavy (non-hydrogen) atoms. The Hall–Kier alpha value is -2.72. The van der Waals surface area contributed by atoms with Crippen molar-refractivity contribution in [1.29, 1.82) is 0 Å². The largest absolute Gasteiger partial charge is 0.488 e. The van der Waals surface area contributed by atoms with Gasteiger partial charge in [0, 0.05) is 21.2 Å². The molecule has 3 aromatic carbocycles. The first kappa shape index (κ1) is 24.9. The van der Waals surface area contributed by atoms with E-state index in [1.165, 1.54) is 12.1 Å². The first-order chi connectivity index (χ1) is 15.3. The number of nitrogens with zero attached hydrogens (tertiary/aromatic N) is 1. The highest BCUT2D eigenvalue weighted by Crippen LogP contribution is 2.45. The van der Waals surface area contributed by atoms with E-state index in [0.29, 0.717) is 38.0 Å².